The number of rotatable bonds is 5. The Morgan fingerprint density at radius 3 is 2.32 bits per heavy atom. The first-order valence-corrected chi connectivity index (χ1v) is 9.79. The number of imidazole rings is 1. The zero-order valence-electron chi connectivity index (χ0n) is 16.5. The summed E-state index contributed by atoms with van der Waals surface area (Å²) in [4.78, 5) is 21.3. The van der Waals surface area contributed by atoms with Crippen molar-refractivity contribution in [1.82, 2.24) is 14.4 Å². The van der Waals surface area contributed by atoms with E-state index in [4.69, 9.17) is 4.74 Å². The number of anilines is 1. The number of ether oxygens (including phenoxy) is 1. The molecule has 0 aliphatic heterocycles. The van der Waals surface area contributed by atoms with Gasteiger partial charge in [0.2, 0.25) is 5.78 Å². The molecule has 3 aromatic carbocycles. The molecule has 0 bridgehead atoms. The summed E-state index contributed by atoms with van der Waals surface area (Å²) in [5.74, 6) is 1.89. The lowest BCUT2D eigenvalue weighted by atomic mass is 10.1. The van der Waals surface area contributed by atoms with Crippen LogP contribution in [0.15, 0.2) is 104 Å². The van der Waals surface area contributed by atoms with E-state index in [0.717, 1.165) is 17.0 Å². The third-order valence-electron chi connectivity index (χ3n) is 4.77. The lowest BCUT2D eigenvalue weighted by Gasteiger charge is -2.08. The van der Waals surface area contributed by atoms with E-state index in [9.17, 15) is 4.79 Å². The summed E-state index contributed by atoms with van der Waals surface area (Å²) in [6, 6.07) is 26.0. The number of carbonyl (C=O) groups excluding carboxylic acids is 1. The summed E-state index contributed by atoms with van der Waals surface area (Å²) < 4.78 is 7.64. The van der Waals surface area contributed by atoms with Crippen LogP contribution < -0.4 is 10.1 Å². The lowest BCUT2D eigenvalue weighted by Crippen LogP contribution is -2.11. The van der Waals surface area contributed by atoms with Gasteiger partial charge in [0.15, 0.2) is 0 Å². The van der Waals surface area contributed by atoms with Crippen molar-refractivity contribution < 1.29 is 9.53 Å². The smallest absolute Gasteiger partial charge is 0.255 e. The fraction of sp³-hybridized carbons (Fsp3) is 0. The number of carbonyl (C=O) groups is 1. The molecule has 2 aromatic heterocycles. The van der Waals surface area contributed by atoms with E-state index < -0.39 is 0 Å². The van der Waals surface area contributed by atoms with Crippen LogP contribution in [-0.2, 0) is 0 Å². The zero-order valence-corrected chi connectivity index (χ0v) is 16.5. The summed E-state index contributed by atoms with van der Waals surface area (Å²) >= 11 is 0. The van der Waals surface area contributed by atoms with Crippen LogP contribution in [-0.4, -0.2) is 20.3 Å². The van der Waals surface area contributed by atoms with Crippen molar-refractivity contribution >= 4 is 17.4 Å². The Labute approximate surface area is 178 Å². The monoisotopic (exact) mass is 406 g/mol. The van der Waals surface area contributed by atoms with E-state index in [-0.39, 0.29) is 5.91 Å². The second kappa shape index (κ2) is 8.12. The number of hydrogen-bond donors (Lipinski definition) is 1. The number of nitrogens with zero attached hydrogens (tertiary/aromatic N) is 3. The molecule has 31 heavy (non-hydrogen) atoms. The van der Waals surface area contributed by atoms with Crippen LogP contribution in [0.2, 0.25) is 0 Å². The van der Waals surface area contributed by atoms with E-state index >= 15 is 0 Å². The summed E-state index contributed by atoms with van der Waals surface area (Å²) in [5.41, 5.74) is 3.03. The average molecular weight is 406 g/mol. The Morgan fingerprint density at radius 1 is 0.839 bits per heavy atom. The number of amides is 1. The molecular weight excluding hydrogens is 388 g/mol. The molecule has 6 nitrogen and oxygen atoms in total. The van der Waals surface area contributed by atoms with E-state index in [1.807, 2.05) is 77.5 Å². The van der Waals surface area contributed by atoms with Crippen molar-refractivity contribution in [3.63, 3.8) is 0 Å². The van der Waals surface area contributed by atoms with Gasteiger partial charge in [-0.2, -0.15) is 0 Å². The molecule has 0 aliphatic rings. The van der Waals surface area contributed by atoms with Gasteiger partial charge in [-0.1, -0.05) is 30.3 Å². The highest BCUT2D eigenvalue weighted by molar-refractivity contribution is 6.04. The van der Waals surface area contributed by atoms with Gasteiger partial charge in [-0.25, -0.2) is 9.97 Å². The molecule has 0 saturated carbocycles. The molecule has 1 amide bonds. The Bertz CT molecular complexity index is 1290. The van der Waals surface area contributed by atoms with Gasteiger partial charge in [-0.15, -0.1) is 0 Å². The van der Waals surface area contributed by atoms with Crippen LogP contribution >= 0.6 is 0 Å². The summed E-state index contributed by atoms with van der Waals surface area (Å²) in [7, 11) is 0. The highest BCUT2D eigenvalue weighted by atomic mass is 16.5. The average Bonchev–Trinajstić information content (AvgIpc) is 3.25. The predicted molar refractivity (Wildman–Crippen MR) is 119 cm³/mol. The van der Waals surface area contributed by atoms with Crippen LogP contribution in [0.5, 0.6) is 11.5 Å². The minimum absolute atomic E-state index is 0.184. The van der Waals surface area contributed by atoms with Crippen LogP contribution in [0.25, 0.3) is 17.0 Å². The first-order valence-electron chi connectivity index (χ1n) is 9.79. The molecule has 0 spiro atoms. The fourth-order valence-corrected chi connectivity index (χ4v) is 3.20. The van der Waals surface area contributed by atoms with Gasteiger partial charge >= 0.3 is 0 Å². The number of benzene rings is 3. The Balaban J connectivity index is 1.26. The molecule has 0 radical (unpaired) electrons. The number of nitrogens with one attached hydrogen (secondary N) is 1. The SMILES string of the molecule is O=C(Nc1ccc(-c2cn3cccnc3n2)cc1)c1ccc(Oc2ccccc2)cc1. The normalized spacial score (nSPS) is 10.7. The van der Waals surface area contributed by atoms with Crippen LogP contribution in [0.4, 0.5) is 5.69 Å². The van der Waals surface area contributed by atoms with Crippen molar-refractivity contribution in [2.75, 3.05) is 5.32 Å². The first kappa shape index (κ1) is 18.6. The lowest BCUT2D eigenvalue weighted by molar-refractivity contribution is 0.102. The maximum Gasteiger partial charge on any atom is 0.255 e. The maximum atomic E-state index is 12.6. The third-order valence-corrected chi connectivity index (χ3v) is 4.77. The molecule has 0 unspecified atom stereocenters. The van der Waals surface area contributed by atoms with Gasteiger partial charge in [0, 0.05) is 35.4 Å². The maximum absolute atomic E-state index is 12.6. The standard InChI is InChI=1S/C25H18N4O2/c30-24(19-9-13-22(14-10-19)31-21-5-2-1-3-6-21)27-20-11-7-18(8-12-20)23-17-29-16-4-15-26-25(29)28-23/h1-17H,(H,27,30). The Morgan fingerprint density at radius 2 is 1.58 bits per heavy atom. The van der Waals surface area contributed by atoms with Gasteiger partial charge < -0.3 is 10.1 Å². The molecule has 5 aromatic rings. The Kier molecular flexibility index (Phi) is 4.86. The van der Waals surface area contributed by atoms with Gasteiger partial charge in [-0.05, 0) is 54.6 Å². The molecule has 0 aliphatic carbocycles. The minimum Gasteiger partial charge on any atom is -0.457 e. The van der Waals surface area contributed by atoms with Gasteiger partial charge in [-0.3, -0.25) is 9.20 Å². The van der Waals surface area contributed by atoms with E-state index in [1.165, 1.54) is 0 Å². The van der Waals surface area contributed by atoms with E-state index in [0.29, 0.717) is 22.8 Å². The zero-order chi connectivity index (χ0) is 21.0. The first-order chi connectivity index (χ1) is 15.2. The van der Waals surface area contributed by atoms with Crippen molar-refractivity contribution in [3.8, 4) is 22.8 Å². The van der Waals surface area contributed by atoms with Crippen molar-refractivity contribution in [3.05, 3.63) is 109 Å². The number of hydrogen-bond acceptors (Lipinski definition) is 4. The van der Waals surface area contributed by atoms with Crippen molar-refractivity contribution in [2.45, 2.75) is 0 Å². The van der Waals surface area contributed by atoms with Crippen molar-refractivity contribution in [1.29, 1.82) is 0 Å². The Hall–Kier alpha value is -4.45. The molecule has 0 fully saturated rings. The summed E-state index contributed by atoms with van der Waals surface area (Å²) in [5, 5.41) is 2.91. The summed E-state index contributed by atoms with van der Waals surface area (Å²) in [6.07, 6.45) is 5.55. The number of aromatic nitrogens is 3. The summed E-state index contributed by atoms with van der Waals surface area (Å²) in [6.45, 7) is 0. The van der Waals surface area contributed by atoms with Gasteiger partial charge in [0.05, 0.1) is 5.69 Å². The quantitative estimate of drug-likeness (QED) is 0.422. The van der Waals surface area contributed by atoms with Gasteiger partial charge in [0.25, 0.3) is 5.91 Å². The van der Waals surface area contributed by atoms with Gasteiger partial charge in [0.1, 0.15) is 11.5 Å². The van der Waals surface area contributed by atoms with Crippen molar-refractivity contribution in [2.24, 2.45) is 0 Å². The molecule has 0 atom stereocenters. The topological polar surface area (TPSA) is 68.5 Å². The fourth-order valence-electron chi connectivity index (χ4n) is 3.20. The predicted octanol–water partition coefficient (Wildman–Crippen LogP) is 5.44. The molecule has 0 saturated heterocycles. The van der Waals surface area contributed by atoms with Crippen LogP contribution in [0.3, 0.4) is 0 Å². The number of para-hydroxylation sites is 1. The van der Waals surface area contributed by atoms with Crippen LogP contribution in [0, 0.1) is 0 Å². The molecule has 2 heterocycles. The van der Waals surface area contributed by atoms with Crippen LogP contribution in [0.1, 0.15) is 10.4 Å². The number of fused-ring (bicyclic) bond motifs is 1. The highest BCUT2D eigenvalue weighted by Crippen LogP contribution is 2.23. The largest absolute Gasteiger partial charge is 0.457 e. The molecule has 150 valence electrons. The van der Waals surface area contributed by atoms with E-state index in [2.05, 4.69) is 15.3 Å². The second-order valence-corrected chi connectivity index (χ2v) is 6.92. The molecule has 1 N–H and O–H groups in total. The molecular formula is C25H18N4O2. The highest BCUT2D eigenvalue weighted by Gasteiger charge is 2.08. The third kappa shape index (κ3) is 4.13. The van der Waals surface area contributed by atoms with E-state index in [1.54, 1.807) is 30.5 Å². The molecule has 6 heteroatoms. The molecule has 5 rings (SSSR count). The minimum atomic E-state index is -0.184. The second-order valence-electron chi connectivity index (χ2n) is 6.92.